The van der Waals surface area contributed by atoms with Crippen molar-refractivity contribution in [1.29, 1.82) is 0 Å². The molecule has 0 spiro atoms. The van der Waals surface area contributed by atoms with Gasteiger partial charge in [-0.1, -0.05) is 6.92 Å². The van der Waals surface area contributed by atoms with Crippen molar-refractivity contribution in [1.82, 2.24) is 16.1 Å². The second-order valence-corrected chi connectivity index (χ2v) is 3.97. The van der Waals surface area contributed by atoms with Crippen molar-refractivity contribution in [3.63, 3.8) is 0 Å². The van der Waals surface area contributed by atoms with Gasteiger partial charge in [0.1, 0.15) is 5.71 Å². The van der Waals surface area contributed by atoms with Gasteiger partial charge in [0, 0.05) is 19.4 Å². The summed E-state index contributed by atoms with van der Waals surface area (Å²) < 4.78 is 0. The van der Waals surface area contributed by atoms with E-state index in [9.17, 15) is 9.59 Å². The van der Waals surface area contributed by atoms with E-state index in [0.717, 1.165) is 6.54 Å². The van der Waals surface area contributed by atoms with Crippen molar-refractivity contribution >= 4 is 17.5 Å². The molecule has 16 heavy (non-hydrogen) atoms. The molecule has 90 valence electrons. The number of nitrogens with one attached hydrogen (secondary N) is 3. The molecule has 0 aromatic heterocycles. The minimum Gasteiger partial charge on any atom is -0.351 e. The molecule has 0 radical (unpaired) electrons. The van der Waals surface area contributed by atoms with Gasteiger partial charge in [0.25, 0.3) is 5.91 Å². The maximum Gasteiger partial charge on any atom is 0.267 e. The largest absolute Gasteiger partial charge is 0.351 e. The highest BCUT2D eigenvalue weighted by molar-refractivity contribution is 6.39. The Balaban J connectivity index is 2.32. The van der Waals surface area contributed by atoms with Crippen LogP contribution in [0.1, 0.15) is 19.8 Å². The molecule has 2 amide bonds. The zero-order valence-electron chi connectivity index (χ0n) is 9.67. The molecule has 6 nitrogen and oxygen atoms in total. The monoisotopic (exact) mass is 226 g/mol. The van der Waals surface area contributed by atoms with Crippen LogP contribution in [0.25, 0.3) is 0 Å². The Labute approximate surface area is 94.9 Å². The Kier molecular flexibility index (Phi) is 4.91. The molecule has 1 rings (SSSR count). The lowest BCUT2D eigenvalue weighted by molar-refractivity contribution is -0.121. The minimum atomic E-state index is -0.192. The summed E-state index contributed by atoms with van der Waals surface area (Å²) in [4.78, 5) is 22.4. The van der Waals surface area contributed by atoms with Crippen LogP contribution in [-0.4, -0.2) is 37.7 Å². The van der Waals surface area contributed by atoms with Crippen molar-refractivity contribution in [2.24, 2.45) is 11.0 Å². The van der Waals surface area contributed by atoms with Gasteiger partial charge in [-0.2, -0.15) is 5.10 Å². The predicted molar refractivity (Wildman–Crippen MR) is 60.9 cm³/mol. The van der Waals surface area contributed by atoms with Gasteiger partial charge >= 0.3 is 0 Å². The van der Waals surface area contributed by atoms with Crippen LogP contribution in [0.5, 0.6) is 0 Å². The fourth-order valence-corrected chi connectivity index (χ4v) is 1.43. The standard InChI is InChI=1S/C10H18N4O2/c1-7(5-11-2)6-12-10(16)8-3-4-9(15)14-13-8/h7,11H,3-6H2,1-2H3,(H,12,16)(H,14,15). The first-order chi connectivity index (χ1) is 7.63. The van der Waals surface area contributed by atoms with Crippen molar-refractivity contribution in [2.45, 2.75) is 19.8 Å². The molecule has 1 aliphatic rings. The zero-order valence-corrected chi connectivity index (χ0v) is 9.67. The summed E-state index contributed by atoms with van der Waals surface area (Å²) in [6.45, 7) is 3.50. The van der Waals surface area contributed by atoms with E-state index >= 15 is 0 Å². The van der Waals surface area contributed by atoms with E-state index in [4.69, 9.17) is 0 Å². The lowest BCUT2D eigenvalue weighted by atomic mass is 10.1. The highest BCUT2D eigenvalue weighted by atomic mass is 16.2. The van der Waals surface area contributed by atoms with Gasteiger partial charge < -0.3 is 10.6 Å². The van der Waals surface area contributed by atoms with Gasteiger partial charge in [-0.3, -0.25) is 9.59 Å². The molecule has 0 aromatic carbocycles. The summed E-state index contributed by atoms with van der Waals surface area (Å²) in [5.41, 5.74) is 2.70. The normalized spacial score (nSPS) is 17.4. The van der Waals surface area contributed by atoms with Gasteiger partial charge in [0.15, 0.2) is 0 Å². The molecule has 1 heterocycles. The quantitative estimate of drug-likeness (QED) is 0.575. The molecular weight excluding hydrogens is 208 g/mol. The highest BCUT2D eigenvalue weighted by Crippen LogP contribution is 1.99. The van der Waals surface area contributed by atoms with Crippen LogP contribution in [0.15, 0.2) is 5.10 Å². The number of carbonyl (C=O) groups is 2. The molecule has 3 N–H and O–H groups in total. The lowest BCUT2D eigenvalue weighted by Crippen LogP contribution is -2.39. The number of nitrogens with zero attached hydrogens (tertiary/aromatic N) is 1. The van der Waals surface area contributed by atoms with Crippen molar-refractivity contribution < 1.29 is 9.59 Å². The Morgan fingerprint density at radius 1 is 1.50 bits per heavy atom. The molecule has 1 aliphatic heterocycles. The van der Waals surface area contributed by atoms with E-state index in [1.807, 2.05) is 14.0 Å². The van der Waals surface area contributed by atoms with Crippen LogP contribution in [0, 0.1) is 5.92 Å². The summed E-state index contributed by atoms with van der Waals surface area (Å²) in [5.74, 6) is 0.0378. The summed E-state index contributed by atoms with van der Waals surface area (Å²) in [6, 6.07) is 0. The maximum atomic E-state index is 11.6. The third-order valence-electron chi connectivity index (χ3n) is 2.33. The maximum absolute atomic E-state index is 11.6. The van der Waals surface area contributed by atoms with E-state index < -0.39 is 0 Å². The third-order valence-corrected chi connectivity index (χ3v) is 2.33. The van der Waals surface area contributed by atoms with Crippen LogP contribution in [0.2, 0.25) is 0 Å². The van der Waals surface area contributed by atoms with Crippen LogP contribution in [0.3, 0.4) is 0 Å². The zero-order chi connectivity index (χ0) is 12.0. The molecule has 0 bridgehead atoms. The number of hydrogen-bond acceptors (Lipinski definition) is 4. The molecule has 0 saturated heterocycles. The number of amides is 2. The fourth-order valence-electron chi connectivity index (χ4n) is 1.43. The molecule has 1 atom stereocenters. The average Bonchev–Trinajstić information content (AvgIpc) is 2.27. The Hall–Kier alpha value is -1.43. The summed E-state index contributed by atoms with van der Waals surface area (Å²) >= 11 is 0. The van der Waals surface area contributed by atoms with E-state index in [1.54, 1.807) is 0 Å². The van der Waals surface area contributed by atoms with Gasteiger partial charge in [0.05, 0.1) is 0 Å². The Morgan fingerprint density at radius 2 is 2.25 bits per heavy atom. The number of rotatable bonds is 5. The van der Waals surface area contributed by atoms with E-state index in [2.05, 4.69) is 21.2 Å². The van der Waals surface area contributed by atoms with Crippen molar-refractivity contribution in [3.05, 3.63) is 0 Å². The molecule has 1 unspecified atom stereocenters. The number of carbonyl (C=O) groups excluding carboxylic acids is 2. The first-order valence-corrected chi connectivity index (χ1v) is 5.41. The second kappa shape index (κ2) is 6.22. The van der Waals surface area contributed by atoms with Crippen molar-refractivity contribution in [3.8, 4) is 0 Å². The van der Waals surface area contributed by atoms with E-state index in [1.165, 1.54) is 0 Å². The topological polar surface area (TPSA) is 82.6 Å². The first kappa shape index (κ1) is 12.6. The smallest absolute Gasteiger partial charge is 0.267 e. The molecule has 0 fully saturated rings. The fraction of sp³-hybridized carbons (Fsp3) is 0.700. The van der Waals surface area contributed by atoms with E-state index in [-0.39, 0.29) is 11.8 Å². The molecule has 0 saturated carbocycles. The van der Waals surface area contributed by atoms with Gasteiger partial charge in [-0.15, -0.1) is 0 Å². The van der Waals surface area contributed by atoms with Gasteiger partial charge in [-0.25, -0.2) is 5.43 Å². The number of hydrogen-bond donors (Lipinski definition) is 3. The Morgan fingerprint density at radius 3 is 2.81 bits per heavy atom. The van der Waals surface area contributed by atoms with Crippen LogP contribution in [0.4, 0.5) is 0 Å². The van der Waals surface area contributed by atoms with Crippen molar-refractivity contribution in [2.75, 3.05) is 20.1 Å². The lowest BCUT2D eigenvalue weighted by Gasteiger charge is -2.14. The molecule has 0 aliphatic carbocycles. The molecule has 6 heteroatoms. The molecular formula is C10H18N4O2. The average molecular weight is 226 g/mol. The van der Waals surface area contributed by atoms with Gasteiger partial charge in [-0.05, 0) is 19.5 Å². The minimum absolute atomic E-state index is 0.139. The van der Waals surface area contributed by atoms with Gasteiger partial charge in [0.2, 0.25) is 5.91 Å². The number of hydrazone groups is 1. The predicted octanol–water partition coefficient (Wildman–Crippen LogP) is -0.776. The van der Waals surface area contributed by atoms with Crippen LogP contribution >= 0.6 is 0 Å². The molecule has 0 aromatic rings. The summed E-state index contributed by atoms with van der Waals surface area (Å²) in [5, 5.41) is 9.55. The van der Waals surface area contributed by atoms with E-state index in [0.29, 0.717) is 31.0 Å². The van der Waals surface area contributed by atoms with Crippen LogP contribution in [-0.2, 0) is 9.59 Å². The highest BCUT2D eigenvalue weighted by Gasteiger charge is 2.18. The third kappa shape index (κ3) is 3.98. The Bertz CT molecular complexity index is 301. The first-order valence-electron chi connectivity index (χ1n) is 5.41. The summed E-state index contributed by atoms with van der Waals surface area (Å²) in [7, 11) is 1.87. The summed E-state index contributed by atoms with van der Waals surface area (Å²) in [6.07, 6.45) is 0.746. The second-order valence-electron chi connectivity index (χ2n) is 3.97. The van der Waals surface area contributed by atoms with Crippen LogP contribution < -0.4 is 16.1 Å². The SMILES string of the molecule is CNCC(C)CNC(=O)C1=NNC(=O)CC1.